The van der Waals surface area contributed by atoms with E-state index < -0.39 is 0 Å². The monoisotopic (exact) mass is 157 g/mol. The Bertz CT molecular complexity index is 105. The van der Waals surface area contributed by atoms with Crippen LogP contribution in [0.15, 0.2) is 0 Å². The van der Waals surface area contributed by atoms with Gasteiger partial charge in [0.15, 0.2) is 0 Å². The summed E-state index contributed by atoms with van der Waals surface area (Å²) in [5, 5.41) is 3.27. The predicted molar refractivity (Wildman–Crippen MR) is 49.3 cm³/mol. The lowest BCUT2D eigenvalue weighted by Crippen LogP contribution is -2.36. The molecule has 0 bridgehead atoms. The Labute approximate surface area is 65.8 Å². The summed E-state index contributed by atoms with van der Waals surface area (Å²) in [6.45, 7) is 6.11. The third-order valence-electron chi connectivity index (χ3n) is 2.94. The highest BCUT2D eigenvalue weighted by molar-refractivity contribution is 6.64. The molecule has 0 radical (unpaired) electrons. The van der Waals surface area contributed by atoms with Crippen molar-refractivity contribution in [3.05, 3.63) is 0 Å². The summed E-state index contributed by atoms with van der Waals surface area (Å²) in [4.78, 5) is 0. The molecule has 60 valence electrons. The Balaban J connectivity index is 2.20. The number of rotatable bonds is 3. The van der Waals surface area contributed by atoms with Crippen molar-refractivity contribution in [2.75, 3.05) is 13.6 Å². The molecule has 1 heterocycles. The van der Waals surface area contributed by atoms with E-state index in [1.807, 2.05) is 0 Å². The van der Waals surface area contributed by atoms with Crippen LogP contribution in [0, 0.1) is 0 Å². The molecule has 3 atom stereocenters. The Kier molecular flexibility index (Phi) is 2.92. The number of nitrogens with one attached hydrogen (secondary N) is 1. The molecule has 1 fully saturated rings. The van der Waals surface area contributed by atoms with Crippen molar-refractivity contribution >= 4 is 8.80 Å². The first-order chi connectivity index (χ1) is 4.75. The van der Waals surface area contributed by atoms with Gasteiger partial charge in [-0.1, -0.05) is 31.9 Å². The highest BCUT2D eigenvalue weighted by atomic mass is 28.3. The van der Waals surface area contributed by atoms with E-state index in [9.17, 15) is 0 Å². The van der Waals surface area contributed by atoms with Gasteiger partial charge in [0.05, 0.1) is 0 Å². The molecule has 1 aliphatic heterocycles. The molecule has 0 amide bonds. The van der Waals surface area contributed by atoms with Crippen LogP contribution in [0.4, 0.5) is 0 Å². The zero-order valence-corrected chi connectivity index (χ0v) is 8.51. The molecule has 1 nitrogen and oxygen atoms in total. The second-order valence-corrected chi connectivity index (χ2v) is 7.93. The van der Waals surface area contributed by atoms with Crippen LogP contribution in [0.1, 0.15) is 20.3 Å². The maximum atomic E-state index is 3.27. The lowest BCUT2D eigenvalue weighted by molar-refractivity contribution is 0.676. The van der Waals surface area contributed by atoms with Gasteiger partial charge in [-0.15, -0.1) is 0 Å². The maximum absolute atomic E-state index is 3.27. The lowest BCUT2D eigenvalue weighted by Gasteiger charge is -2.37. The average molecular weight is 157 g/mol. The first kappa shape index (κ1) is 8.28. The molecular formula is C8H19NSi. The molecule has 2 heteroatoms. The molecule has 1 aliphatic rings. The van der Waals surface area contributed by atoms with Crippen molar-refractivity contribution < 1.29 is 0 Å². The van der Waals surface area contributed by atoms with Gasteiger partial charge in [0, 0.05) is 8.80 Å². The van der Waals surface area contributed by atoms with Gasteiger partial charge in [0.1, 0.15) is 0 Å². The van der Waals surface area contributed by atoms with E-state index in [-0.39, 0.29) is 8.80 Å². The minimum Gasteiger partial charge on any atom is -0.320 e. The van der Waals surface area contributed by atoms with Gasteiger partial charge < -0.3 is 5.32 Å². The molecule has 0 aromatic heterocycles. The van der Waals surface area contributed by atoms with Gasteiger partial charge >= 0.3 is 0 Å². The summed E-state index contributed by atoms with van der Waals surface area (Å²) in [5.74, 6) is 0. The summed E-state index contributed by atoms with van der Waals surface area (Å²) in [6.07, 6.45) is 1.52. The fourth-order valence-electron chi connectivity index (χ4n) is 2.01. The summed E-state index contributed by atoms with van der Waals surface area (Å²) in [7, 11) is 1.79. The van der Waals surface area contributed by atoms with Crippen LogP contribution in [0.2, 0.25) is 17.1 Å². The molecule has 1 rings (SSSR count). The van der Waals surface area contributed by atoms with E-state index in [4.69, 9.17) is 0 Å². The maximum Gasteiger partial charge on any atom is 0.0438 e. The van der Waals surface area contributed by atoms with Gasteiger partial charge in [-0.05, 0) is 19.1 Å². The molecule has 0 aromatic carbocycles. The average Bonchev–Trinajstić information content (AvgIpc) is 1.85. The van der Waals surface area contributed by atoms with Crippen molar-refractivity contribution in [1.29, 1.82) is 0 Å². The third kappa shape index (κ3) is 1.61. The second-order valence-electron chi connectivity index (χ2n) is 3.75. The summed E-state index contributed by atoms with van der Waals surface area (Å²) in [6, 6.07) is 1.60. The third-order valence-corrected chi connectivity index (χ3v) is 7.44. The summed E-state index contributed by atoms with van der Waals surface area (Å²) < 4.78 is 0. The zero-order valence-electron chi connectivity index (χ0n) is 7.35. The SMILES string of the molecule is CNCC(C)[SiH]1CCC1C. The van der Waals surface area contributed by atoms with Crippen LogP contribution in [0.25, 0.3) is 0 Å². The Morgan fingerprint density at radius 1 is 1.70 bits per heavy atom. The normalized spacial score (nSPS) is 35.1. The van der Waals surface area contributed by atoms with Crippen LogP contribution in [0.5, 0.6) is 0 Å². The van der Waals surface area contributed by atoms with E-state index in [2.05, 4.69) is 26.2 Å². The minimum atomic E-state index is -0.269. The number of hydrogen-bond donors (Lipinski definition) is 1. The topological polar surface area (TPSA) is 12.0 Å². The van der Waals surface area contributed by atoms with Crippen LogP contribution < -0.4 is 5.32 Å². The van der Waals surface area contributed by atoms with Crippen molar-refractivity contribution in [2.24, 2.45) is 0 Å². The number of hydrogen-bond acceptors (Lipinski definition) is 1. The van der Waals surface area contributed by atoms with E-state index >= 15 is 0 Å². The van der Waals surface area contributed by atoms with Crippen LogP contribution in [0.3, 0.4) is 0 Å². The van der Waals surface area contributed by atoms with Crippen molar-refractivity contribution in [3.8, 4) is 0 Å². The van der Waals surface area contributed by atoms with Crippen LogP contribution >= 0.6 is 0 Å². The van der Waals surface area contributed by atoms with Gasteiger partial charge in [-0.2, -0.15) is 0 Å². The van der Waals surface area contributed by atoms with Gasteiger partial charge in [0.25, 0.3) is 0 Å². The van der Waals surface area contributed by atoms with Gasteiger partial charge in [0.2, 0.25) is 0 Å². The first-order valence-corrected chi connectivity index (χ1v) is 6.55. The fraction of sp³-hybridized carbons (Fsp3) is 1.00. The molecule has 0 spiro atoms. The van der Waals surface area contributed by atoms with E-state index in [0.29, 0.717) is 0 Å². The molecule has 3 unspecified atom stereocenters. The van der Waals surface area contributed by atoms with Gasteiger partial charge in [-0.25, -0.2) is 0 Å². The van der Waals surface area contributed by atoms with Crippen molar-refractivity contribution in [3.63, 3.8) is 0 Å². The largest absolute Gasteiger partial charge is 0.320 e. The van der Waals surface area contributed by atoms with E-state index in [0.717, 1.165) is 11.1 Å². The zero-order chi connectivity index (χ0) is 7.56. The van der Waals surface area contributed by atoms with E-state index in [1.165, 1.54) is 13.0 Å². The Morgan fingerprint density at radius 3 is 2.70 bits per heavy atom. The van der Waals surface area contributed by atoms with Crippen molar-refractivity contribution in [2.45, 2.75) is 37.4 Å². The quantitative estimate of drug-likeness (QED) is 0.614. The molecule has 1 N–H and O–H groups in total. The van der Waals surface area contributed by atoms with Gasteiger partial charge in [-0.3, -0.25) is 0 Å². The molecule has 0 saturated carbocycles. The first-order valence-electron chi connectivity index (χ1n) is 4.40. The highest BCUT2D eigenvalue weighted by Gasteiger charge is 2.32. The highest BCUT2D eigenvalue weighted by Crippen LogP contribution is 2.38. The van der Waals surface area contributed by atoms with E-state index in [1.54, 1.807) is 6.04 Å². The standard InChI is InChI=1S/C8H19NSi/c1-7-4-5-10(7)8(2)6-9-3/h7-10H,4-6H2,1-3H3. The summed E-state index contributed by atoms with van der Waals surface area (Å²) >= 11 is 0. The van der Waals surface area contributed by atoms with Crippen LogP contribution in [-0.4, -0.2) is 22.4 Å². The second kappa shape index (κ2) is 3.53. The molecular weight excluding hydrogens is 138 g/mol. The molecule has 1 saturated heterocycles. The minimum absolute atomic E-state index is 0.269. The lowest BCUT2D eigenvalue weighted by atomic mass is 10.3. The fourth-order valence-corrected chi connectivity index (χ4v) is 5.63. The molecule has 0 aliphatic carbocycles. The Morgan fingerprint density at radius 2 is 2.40 bits per heavy atom. The smallest absolute Gasteiger partial charge is 0.0438 e. The molecule has 10 heavy (non-hydrogen) atoms. The summed E-state index contributed by atoms with van der Waals surface area (Å²) in [5.41, 5.74) is 2.15. The Hall–Kier alpha value is 0.177. The van der Waals surface area contributed by atoms with Crippen LogP contribution in [-0.2, 0) is 0 Å². The molecule has 0 aromatic rings. The predicted octanol–water partition coefficient (Wildman–Crippen LogP) is 1.62. The van der Waals surface area contributed by atoms with Crippen molar-refractivity contribution in [1.82, 2.24) is 5.32 Å².